The van der Waals surface area contributed by atoms with Gasteiger partial charge in [0.05, 0.1) is 0 Å². The first-order chi connectivity index (χ1) is 3.84. The van der Waals surface area contributed by atoms with Gasteiger partial charge in [-0.3, -0.25) is 0 Å². The summed E-state index contributed by atoms with van der Waals surface area (Å²) in [6.45, 7) is 1.09. The van der Waals surface area contributed by atoms with Crippen molar-refractivity contribution in [3.05, 3.63) is 0 Å². The molecule has 0 aliphatic carbocycles. The second-order valence-corrected chi connectivity index (χ2v) is 1.95. The first-order valence-electron chi connectivity index (χ1n) is 2.72. The van der Waals surface area contributed by atoms with Crippen molar-refractivity contribution in [1.82, 2.24) is 5.32 Å². The maximum absolute atomic E-state index is 12.4. The molecule has 1 aliphatic rings. The van der Waals surface area contributed by atoms with Crippen LogP contribution in [0.1, 0.15) is 0 Å². The molecule has 1 saturated heterocycles. The van der Waals surface area contributed by atoms with Gasteiger partial charge in [-0.2, -0.15) is 0 Å². The smallest absolute Gasteiger partial charge is 0.140 e. The summed E-state index contributed by atoms with van der Waals surface area (Å²) in [5.74, 6) is 0. The van der Waals surface area contributed by atoms with Crippen molar-refractivity contribution < 1.29 is 9.13 Å². The molecule has 0 aromatic heterocycles. The van der Waals surface area contributed by atoms with Crippen molar-refractivity contribution >= 4 is 12.4 Å². The number of hydrogen-bond acceptors (Lipinski definition) is 2. The molecule has 0 saturated carbocycles. The third-order valence-corrected chi connectivity index (χ3v) is 1.39. The van der Waals surface area contributed by atoms with Crippen molar-refractivity contribution in [1.29, 1.82) is 0 Å². The molecule has 0 aromatic carbocycles. The Morgan fingerprint density at radius 1 is 1.56 bits per heavy atom. The highest BCUT2D eigenvalue weighted by Gasteiger charge is 2.25. The summed E-state index contributed by atoms with van der Waals surface area (Å²) in [4.78, 5) is 0. The second kappa shape index (κ2) is 4.04. The molecular weight excluding hydrogens is 145 g/mol. The fraction of sp³-hybridized carbons (Fsp3) is 1.00. The van der Waals surface area contributed by atoms with Crippen LogP contribution in [0, 0.1) is 0 Å². The molecule has 0 aromatic rings. The van der Waals surface area contributed by atoms with Crippen LogP contribution in [0.4, 0.5) is 4.39 Å². The Morgan fingerprint density at radius 3 is 2.44 bits per heavy atom. The van der Waals surface area contributed by atoms with Crippen molar-refractivity contribution in [2.45, 2.75) is 12.3 Å². The van der Waals surface area contributed by atoms with E-state index >= 15 is 0 Å². The van der Waals surface area contributed by atoms with Crippen molar-refractivity contribution in [3.63, 3.8) is 0 Å². The zero-order valence-corrected chi connectivity index (χ0v) is 6.08. The van der Waals surface area contributed by atoms with Crippen molar-refractivity contribution in [3.8, 4) is 0 Å². The lowest BCUT2D eigenvalue weighted by Gasteiger charge is -2.06. The Hall–Kier alpha value is 0.140. The molecule has 1 aliphatic heterocycles. The van der Waals surface area contributed by atoms with Gasteiger partial charge in [0.15, 0.2) is 0 Å². The van der Waals surface area contributed by atoms with Gasteiger partial charge >= 0.3 is 0 Å². The minimum absolute atomic E-state index is 0. The highest BCUT2D eigenvalue weighted by Crippen LogP contribution is 2.06. The largest absolute Gasteiger partial charge is 0.377 e. The Morgan fingerprint density at radius 2 is 2.22 bits per heavy atom. The average Bonchev–Trinajstić information content (AvgIpc) is 2.14. The fourth-order valence-corrected chi connectivity index (χ4v) is 0.854. The molecule has 1 fully saturated rings. The minimum atomic E-state index is -0.806. The zero-order chi connectivity index (χ0) is 5.98. The number of halogens is 2. The second-order valence-electron chi connectivity index (χ2n) is 1.95. The molecule has 4 heteroatoms. The van der Waals surface area contributed by atoms with Gasteiger partial charge in [-0.25, -0.2) is 4.39 Å². The van der Waals surface area contributed by atoms with Crippen molar-refractivity contribution in [2.75, 3.05) is 20.2 Å². The van der Waals surface area contributed by atoms with Crippen LogP contribution in [0.25, 0.3) is 0 Å². The van der Waals surface area contributed by atoms with Gasteiger partial charge in [-0.15, -0.1) is 12.4 Å². The van der Waals surface area contributed by atoms with E-state index in [2.05, 4.69) is 5.32 Å². The summed E-state index contributed by atoms with van der Waals surface area (Å²) in [6, 6.07) is 0. The summed E-state index contributed by atoms with van der Waals surface area (Å²) in [5.41, 5.74) is 0. The fourth-order valence-electron chi connectivity index (χ4n) is 0.854. The molecule has 0 amide bonds. The van der Waals surface area contributed by atoms with Crippen molar-refractivity contribution in [2.24, 2.45) is 0 Å². The highest BCUT2D eigenvalue weighted by molar-refractivity contribution is 5.85. The maximum Gasteiger partial charge on any atom is 0.140 e. The lowest BCUT2D eigenvalue weighted by molar-refractivity contribution is 0.0647. The number of alkyl halides is 1. The van der Waals surface area contributed by atoms with Crippen LogP contribution < -0.4 is 5.32 Å². The summed E-state index contributed by atoms with van der Waals surface area (Å²) >= 11 is 0. The Balaban J connectivity index is 0.000000640. The summed E-state index contributed by atoms with van der Waals surface area (Å²) in [6.07, 6.45) is -1.02. The number of rotatable bonds is 1. The average molecular weight is 156 g/mol. The van der Waals surface area contributed by atoms with Gasteiger partial charge in [0.2, 0.25) is 0 Å². The Bertz CT molecular complexity index is 83.4. The normalized spacial score (nSPS) is 34.0. The molecule has 9 heavy (non-hydrogen) atoms. The molecule has 0 radical (unpaired) electrons. The maximum atomic E-state index is 12.4. The number of nitrogens with one attached hydrogen (secondary N) is 1. The molecule has 1 heterocycles. The lowest BCUT2D eigenvalue weighted by atomic mass is 10.3. The highest BCUT2D eigenvalue weighted by atomic mass is 35.5. The molecule has 1 N–H and O–H groups in total. The Labute approximate surface area is 60.2 Å². The van der Waals surface area contributed by atoms with E-state index in [4.69, 9.17) is 4.74 Å². The van der Waals surface area contributed by atoms with E-state index in [-0.39, 0.29) is 18.5 Å². The molecule has 1 rings (SSSR count). The molecule has 0 spiro atoms. The molecule has 2 atom stereocenters. The number of methoxy groups -OCH3 is 1. The minimum Gasteiger partial charge on any atom is -0.377 e. The van der Waals surface area contributed by atoms with Gasteiger partial charge in [0, 0.05) is 20.2 Å². The third-order valence-electron chi connectivity index (χ3n) is 1.39. The predicted molar refractivity (Wildman–Crippen MR) is 35.8 cm³/mol. The van der Waals surface area contributed by atoms with Gasteiger partial charge in [0.1, 0.15) is 12.3 Å². The molecule has 2 nitrogen and oxygen atoms in total. The molecular formula is C5H11ClFNO. The molecule has 56 valence electrons. The summed E-state index contributed by atoms with van der Waals surface area (Å²) in [5, 5.41) is 2.87. The van der Waals surface area contributed by atoms with Crippen LogP contribution in [0.15, 0.2) is 0 Å². The van der Waals surface area contributed by atoms with Gasteiger partial charge in [0.25, 0.3) is 0 Å². The zero-order valence-electron chi connectivity index (χ0n) is 5.26. The number of hydrogen-bond donors (Lipinski definition) is 1. The van der Waals surface area contributed by atoms with Crippen LogP contribution in [0.3, 0.4) is 0 Å². The first-order valence-corrected chi connectivity index (χ1v) is 2.72. The first kappa shape index (κ1) is 9.14. The Kier molecular flexibility index (Phi) is 4.10. The van der Waals surface area contributed by atoms with Gasteiger partial charge < -0.3 is 10.1 Å². The standard InChI is InChI=1S/C5H10FNO.ClH/c1-8-5-3-7-2-4(5)6;/h4-5,7H,2-3H2,1H3;1H. The van der Waals surface area contributed by atoms with E-state index in [0.29, 0.717) is 13.1 Å². The third kappa shape index (κ3) is 2.08. The van der Waals surface area contributed by atoms with Crippen LogP contribution in [0.2, 0.25) is 0 Å². The van der Waals surface area contributed by atoms with Crippen LogP contribution >= 0.6 is 12.4 Å². The van der Waals surface area contributed by atoms with E-state index in [0.717, 1.165) is 0 Å². The lowest BCUT2D eigenvalue weighted by Crippen LogP contribution is -2.21. The van der Waals surface area contributed by atoms with E-state index in [9.17, 15) is 4.39 Å². The monoisotopic (exact) mass is 155 g/mol. The molecule has 2 unspecified atom stereocenters. The van der Waals surface area contributed by atoms with Crippen LogP contribution in [-0.2, 0) is 4.74 Å². The topological polar surface area (TPSA) is 21.3 Å². The van der Waals surface area contributed by atoms with E-state index in [1.54, 1.807) is 0 Å². The molecule has 0 bridgehead atoms. The van der Waals surface area contributed by atoms with Crippen LogP contribution in [-0.4, -0.2) is 32.5 Å². The van der Waals surface area contributed by atoms with Gasteiger partial charge in [-0.1, -0.05) is 0 Å². The quantitative estimate of drug-likeness (QED) is 0.591. The summed E-state index contributed by atoms with van der Waals surface area (Å²) in [7, 11) is 1.53. The van der Waals surface area contributed by atoms with E-state index in [1.165, 1.54) is 7.11 Å². The number of ether oxygens (including phenoxy) is 1. The SMILES string of the molecule is COC1CNCC1F.Cl. The summed E-state index contributed by atoms with van der Waals surface area (Å²) < 4.78 is 17.2. The predicted octanol–water partition coefficient (Wildman–Crippen LogP) is 0.365. The van der Waals surface area contributed by atoms with E-state index < -0.39 is 6.17 Å². The van der Waals surface area contributed by atoms with Crippen LogP contribution in [0.5, 0.6) is 0 Å². The van der Waals surface area contributed by atoms with E-state index in [1.807, 2.05) is 0 Å². The van der Waals surface area contributed by atoms with Gasteiger partial charge in [-0.05, 0) is 0 Å².